The summed E-state index contributed by atoms with van der Waals surface area (Å²) >= 11 is 0. The first-order valence-electron chi connectivity index (χ1n) is 7.20. The number of aromatic nitrogens is 3. The molecule has 0 fully saturated rings. The number of hydrogen-bond acceptors (Lipinski definition) is 4. The van der Waals surface area contributed by atoms with Crippen molar-refractivity contribution >= 4 is 33.6 Å². The maximum Gasteiger partial charge on any atom is 0.156 e. The molecule has 0 aliphatic heterocycles. The van der Waals surface area contributed by atoms with Crippen LogP contribution in [0.15, 0.2) is 47.9 Å². The van der Waals surface area contributed by atoms with E-state index in [0.29, 0.717) is 11.7 Å². The number of hydrogen-bond donors (Lipinski definition) is 2. The number of nitrogens with two attached hydrogens (primary N) is 1. The monoisotopic (exact) mass is 312 g/mol. The van der Waals surface area contributed by atoms with E-state index in [2.05, 4.69) is 20.3 Å². The van der Waals surface area contributed by atoms with Gasteiger partial charge < -0.3 is 15.6 Å². The molecule has 6 nitrogen and oxygen atoms in total. The lowest BCUT2D eigenvalue weighted by atomic mass is 10.2. The molecule has 3 rings (SSSR count). The van der Waals surface area contributed by atoms with Gasteiger partial charge in [0.2, 0.25) is 0 Å². The molecule has 0 aliphatic rings. The Labute approximate surface area is 132 Å². The van der Waals surface area contributed by atoms with Crippen LogP contribution in [0.2, 0.25) is 0 Å². The Hall–Kier alpha value is -2.96. The number of nitrogens with one attached hydrogen (secondary N) is 1. The van der Waals surface area contributed by atoms with E-state index in [1.807, 2.05) is 36.0 Å². The molecule has 0 bridgehead atoms. The highest BCUT2D eigenvalue weighted by molar-refractivity contribution is 6.06. The van der Waals surface area contributed by atoms with Crippen molar-refractivity contribution in [1.29, 1.82) is 0 Å². The second-order valence-corrected chi connectivity index (χ2v) is 5.01. The van der Waals surface area contributed by atoms with E-state index < -0.39 is 6.67 Å². The van der Waals surface area contributed by atoms with E-state index in [9.17, 15) is 4.39 Å². The molecule has 0 aromatic carbocycles. The lowest BCUT2D eigenvalue weighted by Crippen LogP contribution is -2.12. The largest absolute Gasteiger partial charge is 0.388 e. The zero-order valence-electron chi connectivity index (χ0n) is 12.7. The van der Waals surface area contributed by atoms with Gasteiger partial charge in [-0.1, -0.05) is 0 Å². The minimum Gasteiger partial charge on any atom is -0.388 e. The summed E-state index contributed by atoms with van der Waals surface area (Å²) in [6, 6.07) is 5.72. The summed E-state index contributed by atoms with van der Waals surface area (Å²) in [6.45, 7) is -0.187. The highest BCUT2D eigenvalue weighted by Gasteiger charge is 2.09. The first-order valence-corrected chi connectivity index (χ1v) is 7.20. The van der Waals surface area contributed by atoms with Gasteiger partial charge in [0.1, 0.15) is 18.2 Å². The molecule has 0 unspecified atom stereocenters. The van der Waals surface area contributed by atoms with Crippen molar-refractivity contribution < 1.29 is 4.39 Å². The van der Waals surface area contributed by atoms with Gasteiger partial charge in [0.05, 0.1) is 5.52 Å². The Bertz CT molecular complexity index is 896. The summed E-state index contributed by atoms with van der Waals surface area (Å²) in [5, 5.41) is 4.83. The minimum atomic E-state index is -0.435. The molecular weight excluding hydrogens is 295 g/mol. The number of pyridine rings is 2. The molecule has 118 valence electrons. The van der Waals surface area contributed by atoms with E-state index in [-0.39, 0.29) is 6.54 Å². The van der Waals surface area contributed by atoms with Crippen molar-refractivity contribution in [2.24, 2.45) is 17.8 Å². The summed E-state index contributed by atoms with van der Waals surface area (Å²) in [6.07, 6.45) is 6.73. The molecule has 0 saturated carbocycles. The first kappa shape index (κ1) is 15.0. The third-order valence-corrected chi connectivity index (χ3v) is 3.48. The van der Waals surface area contributed by atoms with Gasteiger partial charge in [0.15, 0.2) is 5.82 Å². The molecule has 0 amide bonds. The summed E-state index contributed by atoms with van der Waals surface area (Å²) in [4.78, 5) is 13.0. The van der Waals surface area contributed by atoms with E-state index in [1.165, 1.54) is 0 Å². The summed E-state index contributed by atoms with van der Waals surface area (Å²) < 4.78 is 14.0. The Morgan fingerprint density at radius 1 is 1.39 bits per heavy atom. The van der Waals surface area contributed by atoms with Gasteiger partial charge >= 0.3 is 0 Å². The molecule has 3 aromatic heterocycles. The van der Waals surface area contributed by atoms with Crippen LogP contribution >= 0.6 is 0 Å². The number of alkyl halides is 1. The minimum absolute atomic E-state index is 0.248. The number of aliphatic imine (C=N–C) groups is 1. The molecule has 0 atom stereocenters. The second-order valence-electron chi connectivity index (χ2n) is 5.01. The molecule has 3 N–H and O–H groups in total. The van der Waals surface area contributed by atoms with Gasteiger partial charge in [0.25, 0.3) is 0 Å². The van der Waals surface area contributed by atoms with Crippen LogP contribution in [0, 0.1) is 0 Å². The number of halogens is 1. The van der Waals surface area contributed by atoms with Crippen molar-refractivity contribution in [2.75, 3.05) is 13.2 Å². The molecule has 0 spiro atoms. The molecule has 0 aliphatic carbocycles. The smallest absolute Gasteiger partial charge is 0.156 e. The SMILES string of the molecule is Cn1c2ccncc2c2ccc(N=C(N)/C=C\NCCF)nc21. The zero-order chi connectivity index (χ0) is 16.2. The van der Waals surface area contributed by atoms with Gasteiger partial charge in [0, 0.05) is 43.0 Å². The van der Waals surface area contributed by atoms with Crippen molar-refractivity contribution in [2.45, 2.75) is 0 Å². The van der Waals surface area contributed by atoms with Crippen LogP contribution in [0.5, 0.6) is 0 Å². The molecule has 3 aromatic rings. The van der Waals surface area contributed by atoms with Gasteiger partial charge in [-0.25, -0.2) is 14.4 Å². The molecule has 0 radical (unpaired) electrons. The predicted octanol–water partition coefficient (Wildman–Crippen LogP) is 2.18. The molecule has 23 heavy (non-hydrogen) atoms. The van der Waals surface area contributed by atoms with E-state index in [0.717, 1.165) is 21.9 Å². The zero-order valence-corrected chi connectivity index (χ0v) is 12.7. The van der Waals surface area contributed by atoms with Crippen LogP contribution in [0.1, 0.15) is 0 Å². The Kier molecular flexibility index (Phi) is 4.18. The maximum atomic E-state index is 12.0. The highest BCUT2D eigenvalue weighted by atomic mass is 19.1. The van der Waals surface area contributed by atoms with Crippen LogP contribution in [0.3, 0.4) is 0 Å². The fraction of sp³-hybridized carbons (Fsp3) is 0.188. The summed E-state index contributed by atoms with van der Waals surface area (Å²) in [5.41, 5.74) is 7.70. The number of amidine groups is 1. The van der Waals surface area contributed by atoms with Gasteiger partial charge in [-0.05, 0) is 24.3 Å². The number of nitrogens with zero attached hydrogens (tertiary/aromatic N) is 4. The van der Waals surface area contributed by atoms with Crippen LogP contribution in [0.25, 0.3) is 21.9 Å². The van der Waals surface area contributed by atoms with Crippen molar-refractivity contribution in [1.82, 2.24) is 19.9 Å². The van der Waals surface area contributed by atoms with E-state index in [1.54, 1.807) is 18.5 Å². The quantitative estimate of drug-likeness (QED) is 0.430. The number of fused-ring (bicyclic) bond motifs is 3. The first-order chi connectivity index (χ1) is 11.2. The van der Waals surface area contributed by atoms with Crippen molar-refractivity contribution in [3.05, 3.63) is 42.9 Å². The third kappa shape index (κ3) is 2.98. The molecule has 0 saturated heterocycles. The summed E-state index contributed by atoms with van der Waals surface area (Å²) in [7, 11) is 1.95. The maximum absolute atomic E-state index is 12.0. The molecule has 3 heterocycles. The highest BCUT2D eigenvalue weighted by Crippen LogP contribution is 2.27. The predicted molar refractivity (Wildman–Crippen MR) is 90.4 cm³/mol. The Morgan fingerprint density at radius 3 is 3.09 bits per heavy atom. The van der Waals surface area contributed by atoms with Crippen LogP contribution < -0.4 is 11.1 Å². The Morgan fingerprint density at radius 2 is 2.26 bits per heavy atom. The van der Waals surface area contributed by atoms with Gasteiger partial charge in [-0.2, -0.15) is 0 Å². The van der Waals surface area contributed by atoms with Gasteiger partial charge in [-0.15, -0.1) is 0 Å². The lowest BCUT2D eigenvalue weighted by molar-refractivity contribution is 0.487. The summed E-state index contributed by atoms with van der Waals surface area (Å²) in [5.74, 6) is 0.813. The van der Waals surface area contributed by atoms with Crippen molar-refractivity contribution in [3.63, 3.8) is 0 Å². The second kappa shape index (κ2) is 6.43. The lowest BCUT2D eigenvalue weighted by Gasteiger charge is -1.99. The average Bonchev–Trinajstić information content (AvgIpc) is 2.85. The average molecular weight is 312 g/mol. The van der Waals surface area contributed by atoms with Crippen LogP contribution in [0.4, 0.5) is 10.2 Å². The Balaban J connectivity index is 1.95. The van der Waals surface area contributed by atoms with Crippen LogP contribution in [-0.4, -0.2) is 33.6 Å². The third-order valence-electron chi connectivity index (χ3n) is 3.48. The number of aryl methyl sites for hydroxylation is 1. The fourth-order valence-electron chi connectivity index (χ4n) is 2.42. The van der Waals surface area contributed by atoms with E-state index >= 15 is 0 Å². The molecule has 7 heteroatoms. The van der Waals surface area contributed by atoms with Crippen molar-refractivity contribution in [3.8, 4) is 0 Å². The topological polar surface area (TPSA) is 81.1 Å². The fourth-order valence-corrected chi connectivity index (χ4v) is 2.42. The standard InChI is InChI=1S/C16H17FN6/c1-23-13-4-7-20-10-12(13)11-2-3-15(22-16(11)23)21-14(18)5-8-19-9-6-17/h2-5,7-8,10,19H,6,9H2,1H3,(H2,18,21,22)/b8-5-. The molecular formula is C16H17FN6. The van der Waals surface area contributed by atoms with Gasteiger partial charge in [-0.3, -0.25) is 4.98 Å². The van der Waals surface area contributed by atoms with Crippen LogP contribution in [-0.2, 0) is 7.05 Å². The van der Waals surface area contributed by atoms with E-state index in [4.69, 9.17) is 5.73 Å². The number of rotatable bonds is 5. The normalized spacial score (nSPS) is 12.5.